The number of carbonyl (C=O) groups is 1. The van der Waals surface area contributed by atoms with Crippen LogP contribution in [0.15, 0.2) is 18.2 Å². The summed E-state index contributed by atoms with van der Waals surface area (Å²) < 4.78 is 18.3. The van der Waals surface area contributed by atoms with Crippen molar-refractivity contribution >= 4 is 5.91 Å². The molecule has 0 atom stereocenters. The Hall–Kier alpha value is -1.42. The second-order valence-corrected chi connectivity index (χ2v) is 4.92. The standard InChI is InChI=1S/C16H24FNO2/c1-5-14(6-2)18(9-10-20-4)16(19)15-8-7-13(17)11-12(15)3/h7-8,11,14H,5-6,9-10H2,1-4H3. The number of hydrogen-bond acceptors (Lipinski definition) is 2. The van der Waals surface area contributed by atoms with E-state index in [2.05, 4.69) is 13.8 Å². The van der Waals surface area contributed by atoms with Crippen molar-refractivity contribution < 1.29 is 13.9 Å². The zero-order chi connectivity index (χ0) is 15.1. The SMILES string of the molecule is CCC(CC)N(CCOC)C(=O)c1ccc(F)cc1C. The Kier molecular flexibility index (Phi) is 6.65. The molecule has 3 nitrogen and oxygen atoms in total. The molecule has 0 saturated carbocycles. The van der Waals surface area contributed by atoms with Crippen molar-refractivity contribution in [3.05, 3.63) is 35.1 Å². The summed E-state index contributed by atoms with van der Waals surface area (Å²) in [6.07, 6.45) is 1.79. The number of rotatable bonds is 7. The number of aryl methyl sites for hydroxylation is 1. The smallest absolute Gasteiger partial charge is 0.254 e. The lowest BCUT2D eigenvalue weighted by molar-refractivity contribution is 0.0588. The van der Waals surface area contributed by atoms with E-state index in [0.717, 1.165) is 12.8 Å². The summed E-state index contributed by atoms with van der Waals surface area (Å²) in [5.74, 6) is -0.363. The summed E-state index contributed by atoms with van der Waals surface area (Å²) in [6.45, 7) is 6.95. The van der Waals surface area contributed by atoms with Crippen molar-refractivity contribution in [2.24, 2.45) is 0 Å². The molecular weight excluding hydrogens is 257 g/mol. The van der Waals surface area contributed by atoms with E-state index in [1.807, 2.05) is 4.90 Å². The van der Waals surface area contributed by atoms with E-state index in [4.69, 9.17) is 4.74 Å². The molecule has 0 aliphatic rings. The summed E-state index contributed by atoms with van der Waals surface area (Å²) >= 11 is 0. The first-order chi connectivity index (χ1) is 9.54. The van der Waals surface area contributed by atoms with Gasteiger partial charge in [-0.25, -0.2) is 4.39 Å². The van der Waals surface area contributed by atoms with Crippen LogP contribution in [0.5, 0.6) is 0 Å². The summed E-state index contributed by atoms with van der Waals surface area (Å²) in [5, 5.41) is 0. The maximum absolute atomic E-state index is 13.2. The van der Waals surface area contributed by atoms with Crippen molar-refractivity contribution in [3.8, 4) is 0 Å². The zero-order valence-electron chi connectivity index (χ0n) is 12.8. The highest BCUT2D eigenvalue weighted by atomic mass is 19.1. The van der Waals surface area contributed by atoms with Crippen LogP contribution in [0.3, 0.4) is 0 Å². The molecule has 0 heterocycles. The molecule has 0 aliphatic carbocycles. The van der Waals surface area contributed by atoms with Crippen molar-refractivity contribution in [2.45, 2.75) is 39.7 Å². The van der Waals surface area contributed by atoms with Crippen LogP contribution in [0.25, 0.3) is 0 Å². The lowest BCUT2D eigenvalue weighted by atomic mass is 10.0. The van der Waals surface area contributed by atoms with Crippen molar-refractivity contribution in [1.82, 2.24) is 4.90 Å². The van der Waals surface area contributed by atoms with Crippen LogP contribution in [0, 0.1) is 12.7 Å². The number of hydrogen-bond donors (Lipinski definition) is 0. The maximum Gasteiger partial charge on any atom is 0.254 e. The number of amides is 1. The predicted octanol–water partition coefficient (Wildman–Crippen LogP) is 3.41. The zero-order valence-corrected chi connectivity index (χ0v) is 12.8. The van der Waals surface area contributed by atoms with Gasteiger partial charge in [0.25, 0.3) is 5.91 Å². The Morgan fingerprint density at radius 3 is 2.50 bits per heavy atom. The minimum absolute atomic E-state index is 0.0479. The van der Waals surface area contributed by atoms with Gasteiger partial charge in [-0.1, -0.05) is 13.8 Å². The van der Waals surface area contributed by atoms with Gasteiger partial charge in [-0.15, -0.1) is 0 Å². The van der Waals surface area contributed by atoms with Crippen LogP contribution < -0.4 is 0 Å². The van der Waals surface area contributed by atoms with Crippen LogP contribution >= 0.6 is 0 Å². The molecule has 0 bridgehead atoms. The first-order valence-corrected chi connectivity index (χ1v) is 7.11. The fraction of sp³-hybridized carbons (Fsp3) is 0.562. The molecule has 0 saturated heterocycles. The van der Waals surface area contributed by atoms with E-state index in [9.17, 15) is 9.18 Å². The van der Waals surface area contributed by atoms with Gasteiger partial charge in [-0.2, -0.15) is 0 Å². The second-order valence-electron chi connectivity index (χ2n) is 4.92. The number of methoxy groups -OCH3 is 1. The van der Waals surface area contributed by atoms with Crippen LogP contribution in [-0.2, 0) is 4.74 Å². The Morgan fingerprint density at radius 1 is 1.35 bits per heavy atom. The van der Waals surface area contributed by atoms with Crippen LogP contribution in [0.2, 0.25) is 0 Å². The van der Waals surface area contributed by atoms with E-state index in [1.165, 1.54) is 12.1 Å². The number of nitrogens with zero attached hydrogens (tertiary/aromatic N) is 1. The van der Waals surface area contributed by atoms with Gasteiger partial charge in [0.05, 0.1) is 6.61 Å². The van der Waals surface area contributed by atoms with Crippen molar-refractivity contribution in [3.63, 3.8) is 0 Å². The molecular formula is C16H24FNO2. The highest BCUT2D eigenvalue weighted by Gasteiger charge is 2.23. The van der Waals surface area contributed by atoms with Crippen LogP contribution in [-0.4, -0.2) is 37.1 Å². The van der Waals surface area contributed by atoms with Crippen molar-refractivity contribution in [1.29, 1.82) is 0 Å². The molecule has 0 fully saturated rings. The quantitative estimate of drug-likeness (QED) is 0.766. The average Bonchev–Trinajstić information content (AvgIpc) is 2.43. The first kappa shape index (κ1) is 16.6. The molecule has 0 N–H and O–H groups in total. The normalized spacial score (nSPS) is 10.9. The van der Waals surface area contributed by atoms with Gasteiger partial charge in [0, 0.05) is 25.3 Å². The summed E-state index contributed by atoms with van der Waals surface area (Å²) in [6, 6.07) is 4.48. The van der Waals surface area contributed by atoms with E-state index < -0.39 is 0 Å². The Morgan fingerprint density at radius 2 is 2.00 bits per heavy atom. The number of halogens is 1. The first-order valence-electron chi connectivity index (χ1n) is 7.11. The molecule has 0 radical (unpaired) electrons. The van der Waals surface area contributed by atoms with E-state index in [-0.39, 0.29) is 17.8 Å². The molecule has 1 rings (SSSR count). The van der Waals surface area contributed by atoms with Crippen LogP contribution in [0.1, 0.15) is 42.6 Å². The molecule has 1 amide bonds. The highest BCUT2D eigenvalue weighted by molar-refractivity contribution is 5.95. The average molecular weight is 281 g/mol. The maximum atomic E-state index is 13.2. The van der Waals surface area contributed by atoms with E-state index in [1.54, 1.807) is 20.1 Å². The molecule has 20 heavy (non-hydrogen) atoms. The van der Waals surface area contributed by atoms with E-state index >= 15 is 0 Å². The summed E-state index contributed by atoms with van der Waals surface area (Å²) in [4.78, 5) is 14.5. The minimum atomic E-state index is -0.315. The third kappa shape index (κ3) is 4.04. The fourth-order valence-electron chi connectivity index (χ4n) is 2.39. The molecule has 112 valence electrons. The van der Waals surface area contributed by atoms with Gasteiger partial charge in [0.15, 0.2) is 0 Å². The number of carbonyl (C=O) groups excluding carboxylic acids is 1. The Labute approximate surface area is 120 Å². The van der Waals surface area contributed by atoms with Gasteiger partial charge in [0.2, 0.25) is 0 Å². The van der Waals surface area contributed by atoms with Gasteiger partial charge in [-0.3, -0.25) is 4.79 Å². The second kappa shape index (κ2) is 8.00. The molecule has 0 aliphatic heterocycles. The third-order valence-corrected chi connectivity index (χ3v) is 3.60. The van der Waals surface area contributed by atoms with Gasteiger partial charge in [-0.05, 0) is 43.5 Å². The molecule has 0 unspecified atom stereocenters. The van der Waals surface area contributed by atoms with Gasteiger partial charge in [0.1, 0.15) is 5.82 Å². The summed E-state index contributed by atoms with van der Waals surface area (Å²) in [7, 11) is 1.62. The number of benzene rings is 1. The van der Waals surface area contributed by atoms with Crippen LogP contribution in [0.4, 0.5) is 4.39 Å². The molecule has 0 spiro atoms. The monoisotopic (exact) mass is 281 g/mol. The van der Waals surface area contributed by atoms with Gasteiger partial charge >= 0.3 is 0 Å². The van der Waals surface area contributed by atoms with E-state index in [0.29, 0.717) is 24.3 Å². The summed E-state index contributed by atoms with van der Waals surface area (Å²) in [5.41, 5.74) is 1.23. The predicted molar refractivity (Wildman–Crippen MR) is 78.4 cm³/mol. The largest absolute Gasteiger partial charge is 0.383 e. The number of ether oxygens (including phenoxy) is 1. The highest BCUT2D eigenvalue weighted by Crippen LogP contribution is 2.17. The molecule has 0 aromatic heterocycles. The lowest BCUT2D eigenvalue weighted by Gasteiger charge is -2.31. The minimum Gasteiger partial charge on any atom is -0.383 e. The van der Waals surface area contributed by atoms with Crippen molar-refractivity contribution in [2.75, 3.05) is 20.3 Å². The Balaban J connectivity index is 3.02. The Bertz CT molecular complexity index is 444. The third-order valence-electron chi connectivity index (χ3n) is 3.60. The van der Waals surface area contributed by atoms with Gasteiger partial charge < -0.3 is 9.64 Å². The fourth-order valence-corrected chi connectivity index (χ4v) is 2.39. The molecule has 1 aromatic carbocycles. The topological polar surface area (TPSA) is 29.5 Å². The lowest BCUT2D eigenvalue weighted by Crippen LogP contribution is -2.42. The molecule has 4 heteroatoms. The molecule has 1 aromatic rings.